The van der Waals surface area contributed by atoms with Gasteiger partial charge in [0, 0.05) is 14.0 Å². The number of hydrogen-bond donors (Lipinski definition) is 0. The maximum absolute atomic E-state index is 11.6. The van der Waals surface area contributed by atoms with E-state index in [2.05, 4.69) is 20.8 Å². The zero-order valence-corrected chi connectivity index (χ0v) is 13.7. The summed E-state index contributed by atoms with van der Waals surface area (Å²) in [6.45, 7) is 12.4. The molecule has 3 heteroatoms. The first-order valence-electron chi connectivity index (χ1n) is 7.59. The van der Waals surface area contributed by atoms with Crippen LogP contribution in [0.3, 0.4) is 0 Å². The molecule has 0 aromatic carbocycles. The average Bonchev–Trinajstić information content (AvgIpc) is 2.30. The van der Waals surface area contributed by atoms with Crippen LogP contribution >= 0.6 is 0 Å². The second-order valence-corrected chi connectivity index (χ2v) is 6.92. The first kappa shape index (κ1) is 16.5. The first-order valence-corrected chi connectivity index (χ1v) is 7.59. The van der Waals surface area contributed by atoms with E-state index in [9.17, 15) is 4.79 Å². The van der Waals surface area contributed by atoms with E-state index in [1.807, 2.05) is 20.9 Å². The predicted molar refractivity (Wildman–Crippen MR) is 78.7 cm³/mol. The third-order valence-corrected chi connectivity index (χ3v) is 4.74. The van der Waals surface area contributed by atoms with Crippen molar-refractivity contribution in [1.82, 2.24) is 4.90 Å². The number of ether oxygens (including phenoxy) is 1. The van der Waals surface area contributed by atoms with Crippen molar-refractivity contribution in [2.45, 2.75) is 72.6 Å². The molecule has 0 aliphatic heterocycles. The topological polar surface area (TPSA) is 29.5 Å². The normalized spacial score (nSPS) is 28.5. The van der Waals surface area contributed by atoms with E-state index >= 15 is 0 Å². The van der Waals surface area contributed by atoms with Crippen LogP contribution < -0.4 is 0 Å². The average molecular weight is 269 g/mol. The molecule has 0 N–H and O–H groups in total. The van der Waals surface area contributed by atoms with Gasteiger partial charge in [0.05, 0.1) is 6.10 Å². The SMILES string of the molecule is CC(=O)N(C)C(C)(C)OC1C(C)CCCC1C(C)C. The molecule has 0 radical (unpaired) electrons. The van der Waals surface area contributed by atoms with E-state index in [1.165, 1.54) is 19.3 Å². The predicted octanol–water partition coefficient (Wildman–Crippen LogP) is 3.68. The molecule has 112 valence electrons. The minimum atomic E-state index is -0.532. The maximum atomic E-state index is 11.6. The van der Waals surface area contributed by atoms with Crippen molar-refractivity contribution in [1.29, 1.82) is 0 Å². The van der Waals surface area contributed by atoms with Gasteiger partial charge < -0.3 is 9.64 Å². The molecule has 3 atom stereocenters. The van der Waals surface area contributed by atoms with Gasteiger partial charge in [-0.1, -0.05) is 27.2 Å². The molecule has 1 amide bonds. The van der Waals surface area contributed by atoms with E-state index in [0.717, 1.165) is 0 Å². The fourth-order valence-electron chi connectivity index (χ4n) is 3.13. The van der Waals surface area contributed by atoms with Crippen LogP contribution in [0.2, 0.25) is 0 Å². The Labute approximate surface area is 118 Å². The lowest BCUT2D eigenvalue weighted by molar-refractivity contribution is -0.199. The summed E-state index contributed by atoms with van der Waals surface area (Å²) in [7, 11) is 1.82. The van der Waals surface area contributed by atoms with Crippen LogP contribution in [0.1, 0.15) is 60.8 Å². The Kier molecular flexibility index (Phi) is 5.43. The van der Waals surface area contributed by atoms with E-state index in [-0.39, 0.29) is 12.0 Å². The monoisotopic (exact) mass is 269 g/mol. The highest BCUT2D eigenvalue weighted by molar-refractivity contribution is 5.73. The van der Waals surface area contributed by atoms with E-state index in [4.69, 9.17) is 4.74 Å². The van der Waals surface area contributed by atoms with Crippen molar-refractivity contribution in [3.63, 3.8) is 0 Å². The highest BCUT2D eigenvalue weighted by atomic mass is 16.5. The Morgan fingerprint density at radius 3 is 2.37 bits per heavy atom. The molecular weight excluding hydrogens is 238 g/mol. The molecular formula is C16H31NO2. The largest absolute Gasteiger partial charge is 0.352 e. The molecule has 0 aromatic heterocycles. The van der Waals surface area contributed by atoms with Crippen molar-refractivity contribution in [3.05, 3.63) is 0 Å². The van der Waals surface area contributed by atoms with Crippen LogP contribution in [-0.2, 0) is 9.53 Å². The van der Waals surface area contributed by atoms with Gasteiger partial charge in [-0.25, -0.2) is 0 Å². The van der Waals surface area contributed by atoms with Gasteiger partial charge in [-0.2, -0.15) is 0 Å². The first-order chi connectivity index (χ1) is 8.66. The second kappa shape index (κ2) is 6.25. The Hall–Kier alpha value is -0.570. The lowest BCUT2D eigenvalue weighted by Gasteiger charge is -2.45. The van der Waals surface area contributed by atoms with Gasteiger partial charge in [0.25, 0.3) is 0 Å². The lowest BCUT2D eigenvalue weighted by Crippen LogP contribution is -2.51. The molecule has 0 spiro atoms. The van der Waals surface area contributed by atoms with Gasteiger partial charge in [-0.15, -0.1) is 0 Å². The molecule has 3 unspecified atom stereocenters. The lowest BCUT2D eigenvalue weighted by atomic mass is 9.74. The van der Waals surface area contributed by atoms with Crippen molar-refractivity contribution >= 4 is 5.91 Å². The van der Waals surface area contributed by atoms with Gasteiger partial charge in [0.1, 0.15) is 5.72 Å². The van der Waals surface area contributed by atoms with Gasteiger partial charge in [-0.05, 0) is 44.4 Å². The smallest absolute Gasteiger partial charge is 0.221 e. The van der Waals surface area contributed by atoms with Crippen LogP contribution in [0, 0.1) is 17.8 Å². The minimum Gasteiger partial charge on any atom is -0.352 e. The van der Waals surface area contributed by atoms with Crippen LogP contribution in [0.15, 0.2) is 0 Å². The molecule has 0 heterocycles. The summed E-state index contributed by atoms with van der Waals surface area (Å²) in [6.07, 6.45) is 4.03. The number of nitrogens with zero attached hydrogens (tertiary/aromatic N) is 1. The third-order valence-electron chi connectivity index (χ3n) is 4.74. The molecule has 0 saturated heterocycles. The molecule has 1 saturated carbocycles. The third kappa shape index (κ3) is 3.95. The molecule has 1 aliphatic carbocycles. The number of hydrogen-bond acceptors (Lipinski definition) is 2. The Bertz CT molecular complexity index is 312. The molecule has 1 aliphatic rings. The molecule has 1 fully saturated rings. The van der Waals surface area contributed by atoms with E-state index in [0.29, 0.717) is 17.8 Å². The summed E-state index contributed by atoms with van der Waals surface area (Å²) >= 11 is 0. The Morgan fingerprint density at radius 1 is 1.32 bits per heavy atom. The second-order valence-electron chi connectivity index (χ2n) is 6.92. The van der Waals surface area contributed by atoms with E-state index < -0.39 is 5.72 Å². The summed E-state index contributed by atoms with van der Waals surface area (Å²) in [6, 6.07) is 0. The highest BCUT2D eigenvalue weighted by Gasteiger charge is 2.39. The number of carbonyl (C=O) groups is 1. The maximum Gasteiger partial charge on any atom is 0.221 e. The molecule has 0 bridgehead atoms. The molecule has 19 heavy (non-hydrogen) atoms. The van der Waals surface area contributed by atoms with Gasteiger partial charge in [0.15, 0.2) is 0 Å². The van der Waals surface area contributed by atoms with Crippen LogP contribution in [0.25, 0.3) is 0 Å². The molecule has 3 nitrogen and oxygen atoms in total. The summed E-state index contributed by atoms with van der Waals surface area (Å²) in [5.41, 5.74) is -0.532. The minimum absolute atomic E-state index is 0.0505. The highest BCUT2D eigenvalue weighted by Crippen LogP contribution is 2.38. The van der Waals surface area contributed by atoms with Gasteiger partial charge in [-0.3, -0.25) is 4.79 Å². The van der Waals surface area contributed by atoms with E-state index in [1.54, 1.807) is 11.8 Å². The van der Waals surface area contributed by atoms with Gasteiger partial charge in [0.2, 0.25) is 5.91 Å². The zero-order chi connectivity index (χ0) is 14.8. The Morgan fingerprint density at radius 2 is 1.89 bits per heavy atom. The Balaban J connectivity index is 2.83. The zero-order valence-electron chi connectivity index (χ0n) is 13.7. The quantitative estimate of drug-likeness (QED) is 0.729. The number of amides is 1. The van der Waals surface area contributed by atoms with Crippen molar-refractivity contribution in [2.75, 3.05) is 7.05 Å². The van der Waals surface area contributed by atoms with Crippen molar-refractivity contribution < 1.29 is 9.53 Å². The fourth-order valence-corrected chi connectivity index (χ4v) is 3.13. The summed E-state index contributed by atoms with van der Waals surface area (Å²) in [5.74, 6) is 1.85. The summed E-state index contributed by atoms with van der Waals surface area (Å²) < 4.78 is 6.39. The number of rotatable bonds is 4. The fraction of sp³-hybridized carbons (Fsp3) is 0.938. The van der Waals surface area contributed by atoms with Crippen LogP contribution in [0.5, 0.6) is 0 Å². The van der Waals surface area contributed by atoms with Crippen molar-refractivity contribution in [2.24, 2.45) is 17.8 Å². The number of carbonyl (C=O) groups excluding carboxylic acids is 1. The van der Waals surface area contributed by atoms with Crippen LogP contribution in [0.4, 0.5) is 0 Å². The van der Waals surface area contributed by atoms with Crippen molar-refractivity contribution in [3.8, 4) is 0 Å². The summed E-state index contributed by atoms with van der Waals surface area (Å²) in [4.78, 5) is 13.3. The molecule has 0 aromatic rings. The summed E-state index contributed by atoms with van der Waals surface area (Å²) in [5, 5.41) is 0. The van der Waals surface area contributed by atoms with Crippen LogP contribution in [-0.4, -0.2) is 29.7 Å². The van der Waals surface area contributed by atoms with Gasteiger partial charge >= 0.3 is 0 Å². The molecule has 1 rings (SSSR count). The standard InChI is InChI=1S/C16H31NO2/c1-11(2)14-10-8-9-12(3)15(14)19-16(5,6)17(7)13(4)18/h11-12,14-15H,8-10H2,1-7H3.